The number of nitrogens with one attached hydrogen (secondary N) is 1. The van der Waals surface area contributed by atoms with E-state index < -0.39 is 22.7 Å². The number of rotatable bonds is 5. The number of halogens is 4. The Morgan fingerprint density at radius 1 is 1.32 bits per heavy atom. The van der Waals surface area contributed by atoms with Gasteiger partial charge in [0.25, 0.3) is 5.91 Å². The lowest BCUT2D eigenvalue weighted by molar-refractivity contribution is -0.137. The van der Waals surface area contributed by atoms with Crippen LogP contribution in [0.15, 0.2) is 42.6 Å². The molecule has 1 aromatic heterocycles. The third-order valence-corrected chi connectivity index (χ3v) is 5.13. The summed E-state index contributed by atoms with van der Waals surface area (Å²) in [5.41, 5.74) is 1.37. The molecular weight excluding hydrogens is 393 g/mol. The minimum Gasteiger partial charge on any atom is -0.282 e. The fraction of sp³-hybridized carbons (Fsp3) is 0.368. The van der Waals surface area contributed by atoms with Crippen LogP contribution in [0.1, 0.15) is 35.7 Å². The molecule has 150 valence electrons. The van der Waals surface area contributed by atoms with Gasteiger partial charge in [-0.3, -0.25) is 20.1 Å². The van der Waals surface area contributed by atoms with Gasteiger partial charge in [-0.2, -0.15) is 13.2 Å². The predicted octanol–water partition coefficient (Wildman–Crippen LogP) is 4.35. The smallest absolute Gasteiger partial charge is 0.282 e. The van der Waals surface area contributed by atoms with E-state index in [1.165, 1.54) is 11.1 Å². The number of likely N-dealkylation sites (tertiary alicyclic amines) is 1. The maximum atomic E-state index is 13.1. The van der Waals surface area contributed by atoms with Crippen LogP contribution in [-0.4, -0.2) is 35.0 Å². The number of hydrazine groups is 1. The van der Waals surface area contributed by atoms with Gasteiger partial charge in [0.05, 0.1) is 22.8 Å². The summed E-state index contributed by atoms with van der Waals surface area (Å²) in [6.45, 7) is 3.32. The summed E-state index contributed by atoms with van der Waals surface area (Å²) in [6.07, 6.45) is -0.966. The number of alkyl halides is 3. The van der Waals surface area contributed by atoms with E-state index in [9.17, 15) is 18.0 Å². The van der Waals surface area contributed by atoms with E-state index in [-0.39, 0.29) is 5.56 Å². The van der Waals surface area contributed by atoms with E-state index in [0.29, 0.717) is 18.5 Å². The normalized spacial score (nSPS) is 17.5. The number of anilines is 1. The average molecular weight is 413 g/mol. The van der Waals surface area contributed by atoms with Gasteiger partial charge in [0.1, 0.15) is 5.82 Å². The lowest BCUT2D eigenvalue weighted by atomic mass is 10.1. The monoisotopic (exact) mass is 412 g/mol. The maximum absolute atomic E-state index is 13.1. The van der Waals surface area contributed by atoms with Gasteiger partial charge in [-0.05, 0) is 44.0 Å². The van der Waals surface area contributed by atoms with Gasteiger partial charge in [-0.15, -0.1) is 0 Å². The van der Waals surface area contributed by atoms with Crippen molar-refractivity contribution >= 4 is 23.3 Å². The van der Waals surface area contributed by atoms with Crippen molar-refractivity contribution in [3.63, 3.8) is 0 Å². The Balaban J connectivity index is 1.85. The first-order valence-electron chi connectivity index (χ1n) is 8.86. The Morgan fingerprint density at radius 2 is 2.11 bits per heavy atom. The second kappa shape index (κ2) is 8.36. The second-order valence-electron chi connectivity index (χ2n) is 6.67. The van der Waals surface area contributed by atoms with Gasteiger partial charge >= 0.3 is 6.18 Å². The van der Waals surface area contributed by atoms with Gasteiger partial charge in [-0.25, -0.2) is 4.98 Å². The number of nitrogens with zero attached hydrogens (tertiary/aromatic N) is 3. The zero-order chi connectivity index (χ0) is 20.3. The highest BCUT2D eigenvalue weighted by Gasteiger charge is 2.35. The van der Waals surface area contributed by atoms with Gasteiger partial charge in [0.2, 0.25) is 0 Å². The molecule has 28 heavy (non-hydrogen) atoms. The van der Waals surface area contributed by atoms with Gasteiger partial charge in [0.15, 0.2) is 0 Å². The first-order valence-corrected chi connectivity index (χ1v) is 9.24. The number of aromatic nitrogens is 1. The molecule has 1 aromatic carbocycles. The van der Waals surface area contributed by atoms with E-state index in [0.717, 1.165) is 31.5 Å². The number of benzene rings is 1. The largest absolute Gasteiger partial charge is 0.417 e. The van der Waals surface area contributed by atoms with E-state index in [2.05, 4.69) is 22.2 Å². The number of hydrogen-bond donors (Lipinski definition) is 1. The summed E-state index contributed by atoms with van der Waals surface area (Å²) in [5, 5.41) is 0.906. The quantitative estimate of drug-likeness (QED) is 0.742. The van der Waals surface area contributed by atoms with E-state index in [1.807, 2.05) is 0 Å². The topological polar surface area (TPSA) is 48.5 Å². The maximum Gasteiger partial charge on any atom is 0.417 e. The Morgan fingerprint density at radius 3 is 2.71 bits per heavy atom. The minimum atomic E-state index is -4.64. The zero-order valence-corrected chi connectivity index (χ0v) is 16.0. The van der Waals surface area contributed by atoms with Gasteiger partial charge < -0.3 is 0 Å². The molecule has 0 aliphatic carbocycles. The van der Waals surface area contributed by atoms with E-state index in [4.69, 9.17) is 11.6 Å². The van der Waals surface area contributed by atoms with Crippen LogP contribution in [0.2, 0.25) is 5.02 Å². The van der Waals surface area contributed by atoms with E-state index in [1.54, 1.807) is 24.4 Å². The minimum absolute atomic E-state index is 0.244. The average Bonchev–Trinajstić information content (AvgIpc) is 3.05. The molecule has 5 nitrogen and oxygen atoms in total. The molecule has 2 aromatic rings. The van der Waals surface area contributed by atoms with Crippen LogP contribution in [0.25, 0.3) is 0 Å². The number of hydrogen-bond acceptors (Lipinski definition) is 4. The first-order chi connectivity index (χ1) is 13.3. The highest BCUT2D eigenvalue weighted by atomic mass is 35.5. The molecule has 1 aliphatic rings. The van der Waals surface area contributed by atoms with Gasteiger partial charge in [0, 0.05) is 18.8 Å². The number of pyridine rings is 1. The van der Waals surface area contributed by atoms with Crippen molar-refractivity contribution < 1.29 is 18.0 Å². The molecule has 0 radical (unpaired) electrons. The highest BCUT2D eigenvalue weighted by Crippen LogP contribution is 2.36. The standard InChI is InChI=1S/C19H20ClF3N4O/c1-13-6-5-11-26(13)12-27(16-9-2-3-10-24-16)25-18(28)14-7-4-8-15(17(14)20)19(21,22)23/h2-4,7-10,13H,5-6,11-12H2,1H3,(H,25,28). The summed E-state index contributed by atoms with van der Waals surface area (Å²) in [5.74, 6) is -0.244. The van der Waals surface area contributed by atoms with E-state index >= 15 is 0 Å². The molecule has 1 aliphatic heterocycles. The van der Waals surface area contributed by atoms with Gasteiger partial charge in [-0.1, -0.05) is 23.7 Å². The van der Waals surface area contributed by atoms with Crippen molar-refractivity contribution in [3.8, 4) is 0 Å². The van der Waals surface area contributed by atoms with Crippen LogP contribution in [0.4, 0.5) is 19.0 Å². The van der Waals surface area contributed by atoms with Crippen LogP contribution >= 0.6 is 11.6 Å². The Hall–Kier alpha value is -2.32. The lowest BCUT2D eigenvalue weighted by Gasteiger charge is -2.31. The number of carbonyl (C=O) groups excluding carboxylic acids is 1. The fourth-order valence-corrected chi connectivity index (χ4v) is 3.49. The molecule has 9 heteroatoms. The Labute approximate surface area is 166 Å². The molecule has 1 amide bonds. The molecule has 1 unspecified atom stereocenters. The molecule has 3 rings (SSSR count). The number of amides is 1. The highest BCUT2D eigenvalue weighted by molar-refractivity contribution is 6.34. The summed E-state index contributed by atoms with van der Waals surface area (Å²) in [4.78, 5) is 19.1. The van der Waals surface area contributed by atoms with Crippen molar-refractivity contribution in [2.45, 2.75) is 32.0 Å². The predicted molar refractivity (Wildman–Crippen MR) is 101 cm³/mol. The Bertz CT molecular complexity index is 832. The Kier molecular flexibility index (Phi) is 6.10. The molecule has 1 atom stereocenters. The summed E-state index contributed by atoms with van der Waals surface area (Å²) in [7, 11) is 0. The summed E-state index contributed by atoms with van der Waals surface area (Å²) >= 11 is 5.89. The first kappa shape index (κ1) is 20.4. The van der Waals surface area contributed by atoms with Crippen molar-refractivity contribution in [3.05, 3.63) is 58.7 Å². The van der Waals surface area contributed by atoms with Crippen molar-refractivity contribution in [2.24, 2.45) is 0 Å². The van der Waals surface area contributed by atoms with Crippen LogP contribution in [0.3, 0.4) is 0 Å². The van der Waals surface area contributed by atoms with Crippen molar-refractivity contribution in [1.82, 2.24) is 15.3 Å². The molecule has 1 N–H and O–H groups in total. The molecule has 1 saturated heterocycles. The third-order valence-electron chi connectivity index (χ3n) is 4.72. The molecular formula is C19H20ClF3N4O. The number of carbonyl (C=O) groups is 1. The van der Waals surface area contributed by atoms with Crippen molar-refractivity contribution in [2.75, 3.05) is 18.2 Å². The van der Waals surface area contributed by atoms with Crippen molar-refractivity contribution in [1.29, 1.82) is 0 Å². The lowest BCUT2D eigenvalue weighted by Crippen LogP contribution is -2.50. The molecule has 0 bridgehead atoms. The molecule has 2 heterocycles. The third kappa shape index (κ3) is 4.56. The second-order valence-corrected chi connectivity index (χ2v) is 7.04. The molecule has 0 spiro atoms. The molecule has 0 saturated carbocycles. The summed E-state index contributed by atoms with van der Waals surface area (Å²) < 4.78 is 39.3. The molecule has 1 fully saturated rings. The van der Waals surface area contributed by atoms with Crippen LogP contribution < -0.4 is 10.4 Å². The summed E-state index contributed by atoms with van der Waals surface area (Å²) in [6, 6.07) is 8.84. The SMILES string of the molecule is CC1CCCN1CN(NC(=O)c1cccc(C(F)(F)F)c1Cl)c1ccccn1. The fourth-order valence-electron chi connectivity index (χ4n) is 3.17. The van der Waals surface area contributed by atoms with Crippen LogP contribution in [-0.2, 0) is 6.18 Å². The zero-order valence-electron chi connectivity index (χ0n) is 15.2. The van der Waals surface area contributed by atoms with Crippen LogP contribution in [0.5, 0.6) is 0 Å². The van der Waals surface area contributed by atoms with Crippen LogP contribution in [0, 0.1) is 0 Å².